The first-order valence-electron chi connectivity index (χ1n) is 10.1. The van der Waals surface area contributed by atoms with E-state index >= 15 is 0 Å². The van der Waals surface area contributed by atoms with Crippen molar-refractivity contribution in [1.82, 2.24) is 14.7 Å². The van der Waals surface area contributed by atoms with E-state index in [1.807, 2.05) is 0 Å². The molecule has 0 bridgehead atoms. The van der Waals surface area contributed by atoms with Gasteiger partial charge in [0, 0.05) is 18.7 Å². The minimum atomic E-state index is -3.67. The number of thiazole rings is 1. The minimum absolute atomic E-state index is 0.0250. The van der Waals surface area contributed by atoms with Gasteiger partial charge in [0.25, 0.3) is 15.9 Å². The third-order valence-electron chi connectivity index (χ3n) is 5.20. The molecule has 1 amide bonds. The number of sulfonamides is 1. The number of sulfone groups is 1. The first kappa shape index (κ1) is 22.8. The van der Waals surface area contributed by atoms with Gasteiger partial charge < -0.3 is 0 Å². The molecule has 0 radical (unpaired) electrons. The molecule has 0 atom stereocenters. The van der Waals surface area contributed by atoms with Gasteiger partial charge in [-0.05, 0) is 44.9 Å². The summed E-state index contributed by atoms with van der Waals surface area (Å²) in [6.07, 6.45) is 4.45. The molecule has 172 valence electrons. The van der Waals surface area contributed by atoms with Crippen LogP contribution in [0.3, 0.4) is 0 Å². The molecule has 0 unspecified atom stereocenters. The SMILES string of the molecule is CNS(=O)(=O)c1cnc(NC(=O)/C(=N/N2CCCC2)c2ccc(S(=O)(=O)C3CC3)cc2)s1. The number of aromatic nitrogens is 1. The summed E-state index contributed by atoms with van der Waals surface area (Å²) < 4.78 is 50.9. The van der Waals surface area contributed by atoms with Gasteiger partial charge in [-0.25, -0.2) is 26.5 Å². The Kier molecular flexibility index (Phi) is 6.34. The molecule has 2 heterocycles. The van der Waals surface area contributed by atoms with E-state index in [4.69, 9.17) is 0 Å². The van der Waals surface area contributed by atoms with Gasteiger partial charge in [0.2, 0.25) is 0 Å². The van der Waals surface area contributed by atoms with Gasteiger partial charge in [-0.15, -0.1) is 0 Å². The minimum Gasteiger partial charge on any atom is -0.296 e. The first-order chi connectivity index (χ1) is 15.2. The zero-order valence-electron chi connectivity index (χ0n) is 17.3. The molecule has 2 aliphatic rings. The molecular formula is C19H23N5O5S3. The van der Waals surface area contributed by atoms with E-state index in [-0.39, 0.29) is 25.2 Å². The standard InChI is InChI=1S/C19H23N5O5S3/c1-20-32(28,29)16-12-21-19(30-16)22-18(25)17(23-24-10-2-3-11-24)13-4-6-14(7-5-13)31(26,27)15-8-9-15/h4-7,12,15,20H,2-3,8-11H2,1H3,(H,21,22,25)/b23-17+. The lowest BCUT2D eigenvalue weighted by atomic mass is 10.1. The molecule has 4 rings (SSSR count). The summed E-state index contributed by atoms with van der Waals surface area (Å²) in [5.41, 5.74) is 0.569. The number of amides is 1. The van der Waals surface area contributed by atoms with Crippen LogP contribution >= 0.6 is 11.3 Å². The van der Waals surface area contributed by atoms with Crippen LogP contribution in [0.5, 0.6) is 0 Å². The monoisotopic (exact) mass is 497 g/mol. The van der Waals surface area contributed by atoms with Crippen molar-refractivity contribution in [3.05, 3.63) is 36.0 Å². The van der Waals surface area contributed by atoms with Crippen LogP contribution in [-0.4, -0.2) is 63.8 Å². The third kappa shape index (κ3) is 4.85. The van der Waals surface area contributed by atoms with Crippen molar-refractivity contribution in [1.29, 1.82) is 0 Å². The summed E-state index contributed by atoms with van der Waals surface area (Å²) in [6, 6.07) is 6.14. The Morgan fingerprint density at radius 1 is 1.12 bits per heavy atom. The van der Waals surface area contributed by atoms with Gasteiger partial charge >= 0.3 is 0 Å². The lowest BCUT2D eigenvalue weighted by molar-refractivity contribution is -0.110. The maximum absolute atomic E-state index is 13.0. The van der Waals surface area contributed by atoms with E-state index in [0.717, 1.165) is 24.2 Å². The average molecular weight is 498 g/mol. The summed E-state index contributed by atoms with van der Waals surface area (Å²) >= 11 is 0.823. The van der Waals surface area contributed by atoms with E-state index in [0.29, 0.717) is 31.5 Å². The van der Waals surface area contributed by atoms with Crippen LogP contribution in [0.15, 0.2) is 44.7 Å². The summed E-state index contributed by atoms with van der Waals surface area (Å²) in [5, 5.41) is 8.69. The average Bonchev–Trinajstić information content (AvgIpc) is 3.32. The Labute approximate surface area is 190 Å². The predicted molar refractivity (Wildman–Crippen MR) is 121 cm³/mol. The van der Waals surface area contributed by atoms with E-state index in [9.17, 15) is 21.6 Å². The van der Waals surface area contributed by atoms with Crippen molar-refractivity contribution in [2.45, 2.75) is 40.0 Å². The molecule has 1 saturated carbocycles. The number of nitrogens with zero attached hydrogens (tertiary/aromatic N) is 3. The summed E-state index contributed by atoms with van der Waals surface area (Å²) in [7, 11) is -5.71. The number of anilines is 1. The highest BCUT2D eigenvalue weighted by Crippen LogP contribution is 2.33. The Hall–Kier alpha value is -2.35. The van der Waals surface area contributed by atoms with Crippen LogP contribution in [0.4, 0.5) is 5.13 Å². The summed E-state index contributed by atoms with van der Waals surface area (Å²) in [5.74, 6) is -0.558. The summed E-state index contributed by atoms with van der Waals surface area (Å²) in [6.45, 7) is 1.43. The summed E-state index contributed by atoms with van der Waals surface area (Å²) in [4.78, 5) is 17.2. The van der Waals surface area contributed by atoms with Gasteiger partial charge in [0.15, 0.2) is 24.9 Å². The molecule has 1 aliphatic carbocycles. The Bertz CT molecular complexity index is 1240. The van der Waals surface area contributed by atoms with Crippen molar-refractivity contribution in [3.63, 3.8) is 0 Å². The molecule has 1 aliphatic heterocycles. The highest BCUT2D eigenvalue weighted by molar-refractivity contribution is 7.92. The van der Waals surface area contributed by atoms with Crippen LogP contribution in [0, 0.1) is 0 Å². The zero-order valence-corrected chi connectivity index (χ0v) is 19.8. The molecule has 10 nitrogen and oxygen atoms in total. The topological polar surface area (TPSA) is 138 Å². The molecule has 2 N–H and O–H groups in total. The second-order valence-electron chi connectivity index (χ2n) is 7.52. The fourth-order valence-corrected chi connectivity index (χ4v) is 6.77. The van der Waals surface area contributed by atoms with Crippen LogP contribution < -0.4 is 10.0 Å². The van der Waals surface area contributed by atoms with Gasteiger partial charge in [-0.1, -0.05) is 23.5 Å². The number of benzene rings is 1. The fourth-order valence-electron chi connectivity index (χ4n) is 3.25. The number of hydrazone groups is 1. The second-order valence-corrected chi connectivity index (χ2v) is 12.9. The van der Waals surface area contributed by atoms with Gasteiger partial charge in [0.1, 0.15) is 0 Å². The smallest absolute Gasteiger partial charge is 0.278 e. The van der Waals surface area contributed by atoms with Gasteiger partial charge in [0.05, 0.1) is 16.3 Å². The molecule has 1 saturated heterocycles. The molecule has 1 aromatic heterocycles. The molecule has 1 aromatic carbocycles. The number of carbonyl (C=O) groups excluding carboxylic acids is 1. The quantitative estimate of drug-likeness (QED) is 0.526. The number of hydrogen-bond acceptors (Lipinski definition) is 9. The molecule has 13 heteroatoms. The highest BCUT2D eigenvalue weighted by atomic mass is 32.2. The van der Waals surface area contributed by atoms with E-state index in [1.165, 1.54) is 25.4 Å². The molecule has 0 spiro atoms. The van der Waals surface area contributed by atoms with Gasteiger partial charge in [-0.2, -0.15) is 5.10 Å². The second kappa shape index (κ2) is 8.89. The maximum Gasteiger partial charge on any atom is 0.278 e. The molecule has 2 fully saturated rings. The zero-order chi connectivity index (χ0) is 22.9. The van der Waals surface area contributed by atoms with Crippen molar-refractivity contribution in [2.75, 3.05) is 25.5 Å². The lowest BCUT2D eigenvalue weighted by Gasteiger charge is -2.14. The Morgan fingerprint density at radius 2 is 1.78 bits per heavy atom. The van der Waals surface area contributed by atoms with E-state index in [1.54, 1.807) is 17.1 Å². The van der Waals surface area contributed by atoms with Crippen molar-refractivity contribution in [3.8, 4) is 0 Å². The highest BCUT2D eigenvalue weighted by Gasteiger charge is 2.36. The normalized spacial score (nSPS) is 17.5. The lowest BCUT2D eigenvalue weighted by Crippen LogP contribution is -2.27. The number of nitrogens with one attached hydrogen (secondary N) is 2. The molecule has 32 heavy (non-hydrogen) atoms. The Morgan fingerprint density at radius 3 is 2.38 bits per heavy atom. The maximum atomic E-state index is 13.0. The molecule has 2 aromatic rings. The largest absolute Gasteiger partial charge is 0.296 e. The Balaban J connectivity index is 1.60. The van der Waals surface area contributed by atoms with Crippen LogP contribution in [0.2, 0.25) is 0 Å². The number of hydrogen-bond donors (Lipinski definition) is 2. The van der Waals surface area contributed by atoms with Crippen molar-refractivity contribution >= 4 is 47.9 Å². The van der Waals surface area contributed by atoms with E-state index < -0.39 is 25.8 Å². The van der Waals surface area contributed by atoms with Crippen LogP contribution in [-0.2, 0) is 24.7 Å². The predicted octanol–water partition coefficient (Wildman–Crippen LogP) is 1.43. The fraction of sp³-hybridized carbons (Fsp3) is 0.421. The molecular weight excluding hydrogens is 474 g/mol. The third-order valence-corrected chi connectivity index (χ3v) is 10.3. The van der Waals surface area contributed by atoms with Crippen LogP contribution in [0.1, 0.15) is 31.2 Å². The number of rotatable bonds is 8. The van der Waals surface area contributed by atoms with Gasteiger partial charge in [-0.3, -0.25) is 15.1 Å². The van der Waals surface area contributed by atoms with Crippen molar-refractivity contribution < 1.29 is 21.6 Å². The first-order valence-corrected chi connectivity index (χ1v) is 13.9. The van der Waals surface area contributed by atoms with Crippen LogP contribution in [0.25, 0.3) is 0 Å². The van der Waals surface area contributed by atoms with E-state index in [2.05, 4.69) is 20.1 Å². The van der Waals surface area contributed by atoms with Crippen molar-refractivity contribution in [2.24, 2.45) is 5.10 Å². The number of carbonyl (C=O) groups is 1.